The number of hydrogen-bond acceptors (Lipinski definition) is 2. The first kappa shape index (κ1) is 16.4. The molecule has 0 spiro atoms. The Morgan fingerprint density at radius 1 is 1.18 bits per heavy atom. The first-order chi connectivity index (χ1) is 8.17. The van der Waals surface area contributed by atoms with E-state index in [0.29, 0.717) is 19.0 Å². The zero-order valence-corrected chi connectivity index (χ0v) is 11.9. The van der Waals surface area contributed by atoms with Gasteiger partial charge in [0.2, 0.25) is 5.91 Å². The second-order valence-corrected chi connectivity index (χ2v) is 4.82. The standard InChI is InChI=1S/C14H30N2O/c1-4-6-7-12-16(13(3)9-5-2)14(17)10-8-11-15/h13H,4-12,15H2,1-3H3. The molecule has 3 nitrogen and oxygen atoms in total. The van der Waals surface area contributed by atoms with Crippen molar-refractivity contribution in [1.82, 2.24) is 4.90 Å². The molecule has 0 saturated heterocycles. The van der Waals surface area contributed by atoms with E-state index in [1.807, 2.05) is 0 Å². The first-order valence-corrected chi connectivity index (χ1v) is 7.16. The van der Waals surface area contributed by atoms with Crippen LogP contribution in [0.5, 0.6) is 0 Å². The van der Waals surface area contributed by atoms with Gasteiger partial charge in [-0.15, -0.1) is 0 Å². The topological polar surface area (TPSA) is 46.3 Å². The SMILES string of the molecule is CCCCCN(C(=O)CCCN)C(C)CCC. The predicted octanol–water partition coefficient (Wildman–Crippen LogP) is 2.93. The van der Waals surface area contributed by atoms with Crippen LogP contribution in [0.3, 0.4) is 0 Å². The second-order valence-electron chi connectivity index (χ2n) is 4.82. The Morgan fingerprint density at radius 3 is 2.41 bits per heavy atom. The normalized spacial score (nSPS) is 12.5. The van der Waals surface area contributed by atoms with E-state index < -0.39 is 0 Å². The van der Waals surface area contributed by atoms with Gasteiger partial charge in [0.05, 0.1) is 0 Å². The number of rotatable bonds is 10. The fourth-order valence-electron chi connectivity index (χ4n) is 2.09. The molecule has 3 heteroatoms. The summed E-state index contributed by atoms with van der Waals surface area (Å²) in [4.78, 5) is 14.1. The van der Waals surface area contributed by atoms with Crippen LogP contribution < -0.4 is 5.73 Å². The van der Waals surface area contributed by atoms with Gasteiger partial charge in [-0.3, -0.25) is 4.79 Å². The zero-order chi connectivity index (χ0) is 13.1. The smallest absolute Gasteiger partial charge is 0.222 e. The summed E-state index contributed by atoms with van der Waals surface area (Å²) in [6.07, 6.45) is 7.18. The van der Waals surface area contributed by atoms with Crippen LogP contribution in [-0.2, 0) is 4.79 Å². The number of nitrogens with two attached hydrogens (primary N) is 1. The highest BCUT2D eigenvalue weighted by molar-refractivity contribution is 5.76. The molecular formula is C14H30N2O. The lowest BCUT2D eigenvalue weighted by molar-refractivity contribution is -0.133. The van der Waals surface area contributed by atoms with Crippen LogP contribution in [0.25, 0.3) is 0 Å². The van der Waals surface area contributed by atoms with Crippen LogP contribution in [-0.4, -0.2) is 29.9 Å². The van der Waals surface area contributed by atoms with Crippen molar-refractivity contribution < 1.29 is 4.79 Å². The molecule has 2 N–H and O–H groups in total. The second kappa shape index (κ2) is 10.6. The van der Waals surface area contributed by atoms with Crippen LogP contribution in [0.4, 0.5) is 0 Å². The van der Waals surface area contributed by atoms with E-state index in [9.17, 15) is 4.79 Å². The summed E-state index contributed by atoms with van der Waals surface area (Å²) in [5.74, 6) is 0.285. The van der Waals surface area contributed by atoms with E-state index in [2.05, 4.69) is 25.7 Å². The van der Waals surface area contributed by atoms with E-state index >= 15 is 0 Å². The summed E-state index contributed by atoms with van der Waals surface area (Å²) >= 11 is 0. The van der Waals surface area contributed by atoms with E-state index in [1.54, 1.807) is 0 Å². The van der Waals surface area contributed by atoms with E-state index in [4.69, 9.17) is 5.73 Å². The van der Waals surface area contributed by atoms with E-state index in [0.717, 1.165) is 32.2 Å². The Hall–Kier alpha value is -0.570. The molecule has 1 atom stereocenters. The highest BCUT2D eigenvalue weighted by Gasteiger charge is 2.18. The van der Waals surface area contributed by atoms with Crippen LogP contribution >= 0.6 is 0 Å². The van der Waals surface area contributed by atoms with Gasteiger partial charge in [-0.25, -0.2) is 0 Å². The predicted molar refractivity (Wildman–Crippen MR) is 73.9 cm³/mol. The number of unbranched alkanes of at least 4 members (excludes halogenated alkanes) is 2. The average Bonchev–Trinajstić information content (AvgIpc) is 2.32. The van der Waals surface area contributed by atoms with Crippen LogP contribution in [0.1, 0.15) is 65.7 Å². The van der Waals surface area contributed by atoms with Crippen molar-refractivity contribution in [3.05, 3.63) is 0 Å². The molecule has 17 heavy (non-hydrogen) atoms. The van der Waals surface area contributed by atoms with E-state index in [1.165, 1.54) is 12.8 Å². The number of nitrogens with zero attached hydrogens (tertiary/aromatic N) is 1. The highest BCUT2D eigenvalue weighted by atomic mass is 16.2. The molecule has 0 aromatic carbocycles. The van der Waals surface area contributed by atoms with Gasteiger partial charge in [0.15, 0.2) is 0 Å². The largest absolute Gasteiger partial charge is 0.340 e. The minimum absolute atomic E-state index is 0.285. The third kappa shape index (κ3) is 7.37. The molecule has 0 bridgehead atoms. The third-order valence-corrected chi connectivity index (χ3v) is 3.16. The molecule has 1 amide bonds. The maximum absolute atomic E-state index is 12.1. The molecule has 0 aliphatic carbocycles. The lowest BCUT2D eigenvalue weighted by Gasteiger charge is -2.29. The third-order valence-electron chi connectivity index (χ3n) is 3.16. The summed E-state index contributed by atoms with van der Waals surface area (Å²) in [7, 11) is 0. The van der Waals surface area contributed by atoms with Crippen molar-refractivity contribution in [3.63, 3.8) is 0 Å². The zero-order valence-electron chi connectivity index (χ0n) is 11.9. The Kier molecular flexibility index (Phi) is 10.2. The molecular weight excluding hydrogens is 212 g/mol. The van der Waals surface area contributed by atoms with Crippen molar-refractivity contribution >= 4 is 5.91 Å². The average molecular weight is 242 g/mol. The van der Waals surface area contributed by atoms with Crippen molar-refractivity contribution in [3.8, 4) is 0 Å². The minimum atomic E-state index is 0.285. The van der Waals surface area contributed by atoms with Crippen molar-refractivity contribution in [2.24, 2.45) is 5.73 Å². The summed E-state index contributed by atoms with van der Waals surface area (Å²) in [6, 6.07) is 0.377. The Bertz CT molecular complexity index is 195. The van der Waals surface area contributed by atoms with Crippen molar-refractivity contribution in [1.29, 1.82) is 0 Å². The molecule has 0 fully saturated rings. The maximum atomic E-state index is 12.1. The molecule has 1 unspecified atom stereocenters. The molecule has 0 heterocycles. The van der Waals surface area contributed by atoms with Gasteiger partial charge in [-0.2, -0.15) is 0 Å². The van der Waals surface area contributed by atoms with E-state index in [-0.39, 0.29) is 5.91 Å². The highest BCUT2D eigenvalue weighted by Crippen LogP contribution is 2.11. The molecule has 0 aromatic heterocycles. The van der Waals surface area contributed by atoms with Gasteiger partial charge in [-0.1, -0.05) is 33.1 Å². The van der Waals surface area contributed by atoms with Crippen LogP contribution in [0.2, 0.25) is 0 Å². The Labute approximate surface area is 107 Å². The lowest BCUT2D eigenvalue weighted by atomic mass is 10.1. The molecule has 0 aliphatic rings. The Morgan fingerprint density at radius 2 is 1.88 bits per heavy atom. The van der Waals surface area contributed by atoms with Gasteiger partial charge in [-0.05, 0) is 32.7 Å². The fraction of sp³-hybridized carbons (Fsp3) is 0.929. The lowest BCUT2D eigenvalue weighted by Crippen LogP contribution is -2.39. The molecule has 0 rings (SSSR count). The number of hydrogen-bond donors (Lipinski definition) is 1. The van der Waals surface area contributed by atoms with Crippen LogP contribution in [0, 0.1) is 0 Å². The summed E-state index contributed by atoms with van der Waals surface area (Å²) in [5.41, 5.74) is 5.46. The molecule has 0 saturated carbocycles. The maximum Gasteiger partial charge on any atom is 0.222 e. The number of carbonyl (C=O) groups excluding carboxylic acids is 1. The summed E-state index contributed by atoms with van der Waals surface area (Å²) in [5, 5.41) is 0. The monoisotopic (exact) mass is 242 g/mol. The van der Waals surface area contributed by atoms with Gasteiger partial charge < -0.3 is 10.6 Å². The van der Waals surface area contributed by atoms with Gasteiger partial charge >= 0.3 is 0 Å². The fourth-order valence-corrected chi connectivity index (χ4v) is 2.09. The van der Waals surface area contributed by atoms with Crippen LogP contribution in [0.15, 0.2) is 0 Å². The summed E-state index contributed by atoms with van der Waals surface area (Å²) < 4.78 is 0. The van der Waals surface area contributed by atoms with Crippen molar-refractivity contribution in [2.75, 3.05) is 13.1 Å². The summed E-state index contributed by atoms with van der Waals surface area (Å²) in [6.45, 7) is 8.05. The minimum Gasteiger partial charge on any atom is -0.340 e. The van der Waals surface area contributed by atoms with Gasteiger partial charge in [0.25, 0.3) is 0 Å². The van der Waals surface area contributed by atoms with Crippen molar-refractivity contribution in [2.45, 2.75) is 71.8 Å². The number of amides is 1. The first-order valence-electron chi connectivity index (χ1n) is 7.16. The van der Waals surface area contributed by atoms with Gasteiger partial charge in [0, 0.05) is 19.0 Å². The molecule has 0 aromatic rings. The van der Waals surface area contributed by atoms with Gasteiger partial charge in [0.1, 0.15) is 0 Å². The number of carbonyl (C=O) groups is 1. The quantitative estimate of drug-likeness (QED) is 0.599. The molecule has 0 radical (unpaired) electrons. The Balaban J connectivity index is 4.21. The molecule has 102 valence electrons. The molecule has 0 aliphatic heterocycles.